The molecule has 0 unspecified atom stereocenters. The molecule has 4 rings (SSSR count). The lowest BCUT2D eigenvalue weighted by molar-refractivity contribution is 0.446. The minimum Gasteiger partial charge on any atom is -0.0971 e. The van der Waals surface area contributed by atoms with Crippen LogP contribution in [0.15, 0.2) is 30.3 Å². The van der Waals surface area contributed by atoms with E-state index in [1.165, 1.54) is 51.4 Å². The van der Waals surface area contributed by atoms with Crippen LogP contribution < -0.4 is 0 Å². The maximum absolute atomic E-state index is 2.36. The van der Waals surface area contributed by atoms with Crippen LogP contribution in [0.1, 0.15) is 88.5 Å². The first-order valence-corrected chi connectivity index (χ1v) is 11.8. The van der Waals surface area contributed by atoms with Crippen LogP contribution in [-0.2, 0) is 0 Å². The lowest BCUT2D eigenvalue weighted by Gasteiger charge is -2.41. The Labute approximate surface area is 144 Å². The Morgan fingerprint density at radius 1 is 0.565 bits per heavy atom. The molecule has 1 aromatic rings. The Hall–Kier alpha value is -0.350. The van der Waals surface area contributed by atoms with Gasteiger partial charge in [-0.05, 0) is 79.8 Å². The third-order valence-electron chi connectivity index (χ3n) is 6.88. The summed E-state index contributed by atoms with van der Waals surface area (Å²) in [6.45, 7) is 0. The topological polar surface area (TPSA) is 0 Å². The van der Waals surface area contributed by atoms with Crippen molar-refractivity contribution in [3.63, 3.8) is 0 Å². The van der Waals surface area contributed by atoms with Gasteiger partial charge in [-0.25, -0.2) is 0 Å². The fourth-order valence-corrected chi connectivity index (χ4v) is 10.3. The lowest BCUT2D eigenvalue weighted by atomic mass is 9.84. The van der Waals surface area contributed by atoms with Crippen LogP contribution in [-0.4, -0.2) is 17.0 Å². The first-order valence-electron chi connectivity index (χ1n) is 10.2. The molecule has 3 aliphatic carbocycles. The molecule has 0 N–H and O–H groups in total. The third kappa shape index (κ3) is 3.68. The molecule has 0 aliphatic heterocycles. The second-order valence-corrected chi connectivity index (χ2v) is 11.3. The van der Waals surface area contributed by atoms with Crippen LogP contribution in [0.2, 0.25) is 0 Å². The van der Waals surface area contributed by atoms with Gasteiger partial charge in [0.1, 0.15) is 0 Å². The Bertz CT molecular complexity index is 446. The normalized spacial score (nSPS) is 30.3. The van der Waals surface area contributed by atoms with Crippen molar-refractivity contribution in [3.8, 4) is 0 Å². The second kappa shape index (κ2) is 7.69. The van der Waals surface area contributed by atoms with E-state index in [0.29, 0.717) is 7.92 Å². The fourth-order valence-electron chi connectivity index (χ4n) is 5.73. The van der Waals surface area contributed by atoms with Gasteiger partial charge in [0.15, 0.2) is 0 Å². The van der Waals surface area contributed by atoms with Crippen LogP contribution in [0, 0.1) is 0 Å². The summed E-state index contributed by atoms with van der Waals surface area (Å²) >= 11 is 0. The van der Waals surface area contributed by atoms with Crippen molar-refractivity contribution in [1.29, 1.82) is 0 Å². The van der Waals surface area contributed by atoms with Gasteiger partial charge in [-0.3, -0.25) is 0 Å². The monoisotopic (exact) mass is 328 g/mol. The zero-order valence-corrected chi connectivity index (χ0v) is 15.5. The smallest absolute Gasteiger partial charge is 0.0162 e. The quantitative estimate of drug-likeness (QED) is 0.518. The standard InChI is InChI=1S/C22H33P/c1-2-8-18(9-3-1)19-14-16-22(17-15-19)23(20-10-4-5-11-20)21-12-6-7-13-21/h1-3,8-9,19-22H,4-7,10-17H2. The summed E-state index contributed by atoms with van der Waals surface area (Å²) < 4.78 is 0. The van der Waals surface area contributed by atoms with Gasteiger partial charge in [-0.1, -0.05) is 63.9 Å². The van der Waals surface area contributed by atoms with E-state index in [4.69, 9.17) is 0 Å². The molecule has 0 atom stereocenters. The number of hydrogen-bond acceptors (Lipinski definition) is 0. The van der Waals surface area contributed by atoms with Gasteiger partial charge < -0.3 is 0 Å². The molecule has 0 heterocycles. The van der Waals surface area contributed by atoms with E-state index in [2.05, 4.69) is 30.3 Å². The van der Waals surface area contributed by atoms with Crippen molar-refractivity contribution in [2.24, 2.45) is 0 Å². The summed E-state index contributed by atoms with van der Waals surface area (Å²) in [7, 11) is 0.331. The summed E-state index contributed by atoms with van der Waals surface area (Å²) in [6, 6.07) is 11.3. The van der Waals surface area contributed by atoms with E-state index >= 15 is 0 Å². The Morgan fingerprint density at radius 2 is 1.04 bits per heavy atom. The van der Waals surface area contributed by atoms with Gasteiger partial charge in [-0.2, -0.15) is 0 Å². The SMILES string of the molecule is c1ccc(C2CCC(P(C3CCCC3)C3CCCC3)CC2)cc1. The van der Waals surface area contributed by atoms with Crippen molar-refractivity contribution in [2.75, 3.05) is 0 Å². The highest BCUT2D eigenvalue weighted by molar-refractivity contribution is 7.60. The molecule has 3 aliphatic rings. The van der Waals surface area contributed by atoms with Crippen molar-refractivity contribution in [1.82, 2.24) is 0 Å². The molecular formula is C22H33P. The molecule has 0 amide bonds. The molecule has 1 aromatic carbocycles. The molecule has 0 bridgehead atoms. The van der Waals surface area contributed by atoms with Gasteiger partial charge in [0.25, 0.3) is 0 Å². The molecule has 1 heteroatoms. The molecule has 0 saturated heterocycles. The predicted octanol–water partition coefficient (Wildman–Crippen LogP) is 7.08. The van der Waals surface area contributed by atoms with Crippen LogP contribution in [0.25, 0.3) is 0 Å². The second-order valence-electron chi connectivity index (χ2n) is 8.24. The zero-order chi connectivity index (χ0) is 15.5. The highest BCUT2D eigenvalue weighted by Gasteiger charge is 2.39. The van der Waals surface area contributed by atoms with Crippen molar-refractivity contribution in [2.45, 2.75) is 99.9 Å². The van der Waals surface area contributed by atoms with Crippen LogP contribution in [0.4, 0.5) is 0 Å². The number of benzene rings is 1. The van der Waals surface area contributed by atoms with Crippen molar-refractivity contribution >= 4 is 7.92 Å². The number of rotatable bonds is 4. The lowest BCUT2D eigenvalue weighted by Crippen LogP contribution is -2.24. The molecule has 3 fully saturated rings. The average Bonchev–Trinajstić information content (AvgIpc) is 3.31. The Balaban J connectivity index is 1.42. The van der Waals surface area contributed by atoms with Gasteiger partial charge in [0, 0.05) is 0 Å². The van der Waals surface area contributed by atoms with Gasteiger partial charge in [0.05, 0.1) is 0 Å². The maximum Gasteiger partial charge on any atom is -0.0162 e. The van der Waals surface area contributed by atoms with E-state index in [1.807, 2.05) is 0 Å². The van der Waals surface area contributed by atoms with Gasteiger partial charge >= 0.3 is 0 Å². The molecule has 0 nitrogen and oxygen atoms in total. The molecule has 3 saturated carbocycles. The number of hydrogen-bond donors (Lipinski definition) is 0. The first-order chi connectivity index (χ1) is 11.4. The summed E-state index contributed by atoms with van der Waals surface area (Å²) in [5.41, 5.74) is 5.05. The highest BCUT2D eigenvalue weighted by atomic mass is 31.1. The van der Waals surface area contributed by atoms with E-state index in [9.17, 15) is 0 Å². The predicted molar refractivity (Wildman–Crippen MR) is 103 cm³/mol. The highest BCUT2D eigenvalue weighted by Crippen LogP contribution is 2.63. The summed E-state index contributed by atoms with van der Waals surface area (Å²) in [5, 5.41) is 0. The maximum atomic E-state index is 2.36. The van der Waals surface area contributed by atoms with E-state index < -0.39 is 0 Å². The summed E-state index contributed by atoms with van der Waals surface area (Å²) in [4.78, 5) is 0. The molecule has 0 aromatic heterocycles. The fraction of sp³-hybridized carbons (Fsp3) is 0.727. The van der Waals surface area contributed by atoms with Crippen molar-refractivity contribution < 1.29 is 0 Å². The van der Waals surface area contributed by atoms with Crippen LogP contribution in [0.5, 0.6) is 0 Å². The Kier molecular flexibility index (Phi) is 5.39. The average molecular weight is 328 g/mol. The zero-order valence-electron chi connectivity index (χ0n) is 14.6. The van der Waals surface area contributed by atoms with Crippen LogP contribution in [0.3, 0.4) is 0 Å². The summed E-state index contributed by atoms with van der Waals surface area (Å²) in [5.74, 6) is 0.858. The molecule has 23 heavy (non-hydrogen) atoms. The van der Waals surface area contributed by atoms with E-state index in [-0.39, 0.29) is 0 Å². The van der Waals surface area contributed by atoms with Gasteiger partial charge in [-0.15, -0.1) is 0 Å². The summed E-state index contributed by atoms with van der Waals surface area (Å²) in [6.07, 6.45) is 18.5. The molecule has 0 radical (unpaired) electrons. The third-order valence-corrected chi connectivity index (χ3v) is 11.0. The van der Waals surface area contributed by atoms with Crippen molar-refractivity contribution in [3.05, 3.63) is 35.9 Å². The van der Waals surface area contributed by atoms with Crippen LogP contribution >= 0.6 is 7.92 Å². The first kappa shape index (κ1) is 16.1. The largest absolute Gasteiger partial charge is 0.0971 e. The van der Waals surface area contributed by atoms with E-state index in [1.54, 1.807) is 31.2 Å². The molecular weight excluding hydrogens is 295 g/mol. The van der Waals surface area contributed by atoms with E-state index in [0.717, 1.165) is 22.9 Å². The van der Waals surface area contributed by atoms with Gasteiger partial charge in [0.2, 0.25) is 0 Å². The Morgan fingerprint density at radius 3 is 1.57 bits per heavy atom. The minimum atomic E-state index is 0.331. The minimum absolute atomic E-state index is 0.331. The molecule has 126 valence electrons. The molecule has 0 spiro atoms.